The Balaban J connectivity index is 1.77. The number of fused-ring (bicyclic) bond motifs is 3. The standard InChI is InChI=1S/C22H15ClN4O/c1-14-20(15-5-3-2-4-6-15)21-24-13-18-19(27(21)25-14)11-12-26(22(18)28)17-9-7-16(23)8-10-17/h2-13H,1H3. The number of rotatable bonds is 2. The van der Waals surface area contributed by atoms with E-state index in [1.165, 1.54) is 0 Å². The predicted molar refractivity (Wildman–Crippen MR) is 111 cm³/mol. The van der Waals surface area contributed by atoms with E-state index in [1.54, 1.807) is 33.6 Å². The summed E-state index contributed by atoms with van der Waals surface area (Å²) in [5.41, 5.74) is 4.96. The fourth-order valence-electron chi connectivity index (χ4n) is 3.52. The summed E-state index contributed by atoms with van der Waals surface area (Å²) in [6, 6.07) is 19.1. The molecule has 0 spiro atoms. The summed E-state index contributed by atoms with van der Waals surface area (Å²) < 4.78 is 3.33. The van der Waals surface area contributed by atoms with Gasteiger partial charge in [0, 0.05) is 28.7 Å². The summed E-state index contributed by atoms with van der Waals surface area (Å²) in [5.74, 6) is 0. The third-order valence-electron chi connectivity index (χ3n) is 4.85. The molecule has 0 bridgehead atoms. The van der Waals surface area contributed by atoms with E-state index < -0.39 is 0 Å². The van der Waals surface area contributed by atoms with E-state index >= 15 is 0 Å². The Labute approximate surface area is 165 Å². The Morgan fingerprint density at radius 1 is 0.964 bits per heavy atom. The zero-order chi connectivity index (χ0) is 19.3. The van der Waals surface area contributed by atoms with E-state index in [1.807, 2.05) is 55.5 Å². The SMILES string of the molecule is Cc1nn2c(ncc3c(=O)n(-c4ccc(Cl)cc4)ccc32)c1-c1ccccc1. The average molecular weight is 387 g/mol. The lowest BCUT2D eigenvalue weighted by molar-refractivity contribution is 0.940. The first-order valence-electron chi connectivity index (χ1n) is 8.84. The predicted octanol–water partition coefficient (Wildman–Crippen LogP) is 4.66. The molecule has 0 amide bonds. The third-order valence-corrected chi connectivity index (χ3v) is 5.11. The molecule has 2 aromatic carbocycles. The van der Waals surface area contributed by atoms with Crippen molar-refractivity contribution in [1.29, 1.82) is 0 Å². The highest BCUT2D eigenvalue weighted by Gasteiger charge is 2.16. The number of pyridine rings is 1. The molecular formula is C22H15ClN4O. The molecule has 0 fully saturated rings. The number of aromatic nitrogens is 4. The lowest BCUT2D eigenvalue weighted by atomic mass is 10.1. The number of nitrogens with zero attached hydrogens (tertiary/aromatic N) is 4. The fourth-order valence-corrected chi connectivity index (χ4v) is 3.65. The van der Waals surface area contributed by atoms with Gasteiger partial charge in [-0.25, -0.2) is 9.50 Å². The Morgan fingerprint density at radius 3 is 2.46 bits per heavy atom. The second-order valence-corrected chi connectivity index (χ2v) is 7.02. The molecule has 0 atom stereocenters. The van der Waals surface area contributed by atoms with Gasteiger partial charge in [-0.2, -0.15) is 5.10 Å². The Hall–Kier alpha value is -3.44. The van der Waals surface area contributed by atoms with E-state index in [-0.39, 0.29) is 5.56 Å². The molecule has 28 heavy (non-hydrogen) atoms. The van der Waals surface area contributed by atoms with Crippen LogP contribution >= 0.6 is 11.6 Å². The van der Waals surface area contributed by atoms with Crippen molar-refractivity contribution < 1.29 is 0 Å². The monoisotopic (exact) mass is 386 g/mol. The van der Waals surface area contributed by atoms with E-state index in [0.29, 0.717) is 10.4 Å². The van der Waals surface area contributed by atoms with Crippen molar-refractivity contribution in [1.82, 2.24) is 19.2 Å². The first-order chi connectivity index (χ1) is 13.6. The van der Waals surface area contributed by atoms with E-state index in [0.717, 1.165) is 33.7 Å². The Kier molecular flexibility index (Phi) is 3.77. The number of hydrogen-bond acceptors (Lipinski definition) is 3. The fraction of sp³-hybridized carbons (Fsp3) is 0.0455. The van der Waals surface area contributed by atoms with Gasteiger partial charge in [-0.1, -0.05) is 41.9 Å². The quantitative estimate of drug-likeness (QED) is 0.443. The lowest BCUT2D eigenvalue weighted by Gasteiger charge is -2.08. The summed E-state index contributed by atoms with van der Waals surface area (Å²) in [6.45, 7) is 1.96. The van der Waals surface area contributed by atoms with Crippen molar-refractivity contribution >= 4 is 28.2 Å². The molecule has 0 aliphatic carbocycles. The van der Waals surface area contributed by atoms with Gasteiger partial charge in [0.1, 0.15) is 0 Å². The summed E-state index contributed by atoms with van der Waals surface area (Å²) in [7, 11) is 0. The van der Waals surface area contributed by atoms with Gasteiger partial charge >= 0.3 is 0 Å². The molecule has 3 heterocycles. The highest BCUT2D eigenvalue weighted by atomic mass is 35.5. The molecule has 5 rings (SSSR count). The number of aryl methyl sites for hydroxylation is 1. The molecule has 0 aliphatic heterocycles. The van der Waals surface area contributed by atoms with Gasteiger partial charge in [0.05, 0.1) is 16.6 Å². The molecule has 3 aromatic heterocycles. The molecule has 5 nitrogen and oxygen atoms in total. The van der Waals surface area contributed by atoms with Crippen LogP contribution in [0.1, 0.15) is 5.69 Å². The maximum absolute atomic E-state index is 13.1. The molecule has 0 saturated heterocycles. The molecular weight excluding hydrogens is 372 g/mol. The van der Waals surface area contributed by atoms with Crippen LogP contribution in [0.2, 0.25) is 5.02 Å². The average Bonchev–Trinajstić information content (AvgIpc) is 3.06. The van der Waals surface area contributed by atoms with Crippen LogP contribution in [-0.2, 0) is 0 Å². The topological polar surface area (TPSA) is 52.2 Å². The van der Waals surface area contributed by atoms with E-state index in [4.69, 9.17) is 11.6 Å². The zero-order valence-electron chi connectivity index (χ0n) is 15.0. The van der Waals surface area contributed by atoms with Crippen LogP contribution in [0.3, 0.4) is 0 Å². The molecule has 0 unspecified atom stereocenters. The van der Waals surface area contributed by atoms with Gasteiger partial charge in [-0.3, -0.25) is 9.36 Å². The highest BCUT2D eigenvalue weighted by molar-refractivity contribution is 6.30. The van der Waals surface area contributed by atoms with Crippen LogP contribution < -0.4 is 5.56 Å². The molecule has 5 aromatic rings. The van der Waals surface area contributed by atoms with E-state index in [2.05, 4.69) is 10.1 Å². The molecule has 0 radical (unpaired) electrons. The van der Waals surface area contributed by atoms with Gasteiger partial charge in [-0.05, 0) is 42.8 Å². The number of halogens is 1. The molecule has 0 aliphatic rings. The second kappa shape index (κ2) is 6.32. The summed E-state index contributed by atoms with van der Waals surface area (Å²) in [4.78, 5) is 17.7. The van der Waals surface area contributed by atoms with Crippen molar-refractivity contribution in [2.45, 2.75) is 6.92 Å². The number of hydrogen-bond donors (Lipinski definition) is 0. The van der Waals surface area contributed by atoms with Crippen molar-refractivity contribution in [3.8, 4) is 16.8 Å². The third kappa shape index (κ3) is 2.52. The minimum atomic E-state index is -0.149. The van der Waals surface area contributed by atoms with Crippen LogP contribution in [0.5, 0.6) is 0 Å². The minimum Gasteiger partial charge on any atom is -0.284 e. The van der Waals surface area contributed by atoms with Crippen molar-refractivity contribution in [3.05, 3.63) is 94.1 Å². The van der Waals surface area contributed by atoms with Gasteiger partial charge in [0.2, 0.25) is 0 Å². The molecule has 6 heteroatoms. The zero-order valence-corrected chi connectivity index (χ0v) is 15.8. The molecule has 0 N–H and O–H groups in total. The van der Waals surface area contributed by atoms with Gasteiger partial charge in [0.15, 0.2) is 5.65 Å². The van der Waals surface area contributed by atoms with Crippen LogP contribution in [-0.4, -0.2) is 19.2 Å². The second-order valence-electron chi connectivity index (χ2n) is 6.59. The largest absolute Gasteiger partial charge is 0.284 e. The summed E-state index contributed by atoms with van der Waals surface area (Å²) >= 11 is 5.96. The normalized spacial score (nSPS) is 11.4. The summed E-state index contributed by atoms with van der Waals surface area (Å²) in [6.07, 6.45) is 3.39. The van der Waals surface area contributed by atoms with E-state index in [9.17, 15) is 4.79 Å². The van der Waals surface area contributed by atoms with Crippen LogP contribution in [0.4, 0.5) is 0 Å². The lowest BCUT2D eigenvalue weighted by Crippen LogP contribution is -2.18. The maximum Gasteiger partial charge on any atom is 0.266 e. The van der Waals surface area contributed by atoms with Crippen molar-refractivity contribution in [2.75, 3.05) is 0 Å². The Bertz CT molecular complexity index is 1390. The maximum atomic E-state index is 13.1. The first kappa shape index (κ1) is 16.7. The minimum absolute atomic E-state index is 0.149. The van der Waals surface area contributed by atoms with Gasteiger partial charge < -0.3 is 0 Å². The molecule has 136 valence electrons. The molecule has 0 saturated carbocycles. The smallest absolute Gasteiger partial charge is 0.266 e. The first-order valence-corrected chi connectivity index (χ1v) is 9.22. The van der Waals surface area contributed by atoms with Gasteiger partial charge in [0.25, 0.3) is 5.56 Å². The van der Waals surface area contributed by atoms with Crippen LogP contribution in [0, 0.1) is 6.92 Å². The van der Waals surface area contributed by atoms with Crippen molar-refractivity contribution in [3.63, 3.8) is 0 Å². The van der Waals surface area contributed by atoms with Crippen LogP contribution in [0.25, 0.3) is 33.4 Å². The van der Waals surface area contributed by atoms with Gasteiger partial charge in [-0.15, -0.1) is 0 Å². The Morgan fingerprint density at radius 2 is 1.71 bits per heavy atom. The summed E-state index contributed by atoms with van der Waals surface area (Å²) in [5, 5.41) is 5.79. The van der Waals surface area contributed by atoms with Crippen LogP contribution in [0.15, 0.2) is 77.9 Å². The number of benzene rings is 2. The van der Waals surface area contributed by atoms with Crippen molar-refractivity contribution in [2.24, 2.45) is 0 Å². The highest BCUT2D eigenvalue weighted by Crippen LogP contribution is 2.28.